The van der Waals surface area contributed by atoms with Gasteiger partial charge in [0.2, 0.25) is 5.12 Å². The quantitative estimate of drug-likeness (QED) is 0.608. The summed E-state index contributed by atoms with van der Waals surface area (Å²) >= 11 is 0. The molecule has 2 heteroatoms. The lowest BCUT2D eigenvalue weighted by molar-refractivity contribution is -0.111. The molecule has 1 saturated heterocycles. The largest absolute Gasteiger partial charge is 0.285 e. The fraction of sp³-hybridized carbons (Fsp3) is 0.833. The molecule has 1 aliphatic carbocycles. The zero-order valence-electron chi connectivity index (χ0n) is 8.96. The van der Waals surface area contributed by atoms with Crippen molar-refractivity contribution in [2.75, 3.05) is 5.75 Å². The van der Waals surface area contributed by atoms with Crippen LogP contribution in [0.25, 0.3) is 0 Å². The Morgan fingerprint density at radius 1 is 1.07 bits per heavy atom. The Labute approximate surface area is 89.0 Å². The average Bonchev–Trinajstić information content (AvgIpc) is 2.24. The van der Waals surface area contributed by atoms with Gasteiger partial charge in [-0.05, 0) is 35.7 Å². The summed E-state index contributed by atoms with van der Waals surface area (Å²) in [6.45, 7) is 0. The summed E-state index contributed by atoms with van der Waals surface area (Å²) < 4.78 is 0. The summed E-state index contributed by atoms with van der Waals surface area (Å²) in [6.07, 6.45) is 14.2. The predicted molar refractivity (Wildman–Crippen MR) is 63.5 cm³/mol. The van der Waals surface area contributed by atoms with Crippen LogP contribution < -0.4 is 0 Å². The minimum absolute atomic E-state index is 0.538. The van der Waals surface area contributed by atoms with Gasteiger partial charge in [0.1, 0.15) is 6.26 Å². The molecule has 2 aliphatic rings. The van der Waals surface area contributed by atoms with Crippen LogP contribution in [0.1, 0.15) is 51.4 Å². The Bertz CT molecular complexity index is 220. The van der Waals surface area contributed by atoms with Crippen LogP contribution in [0.4, 0.5) is 0 Å². The zero-order valence-corrected chi connectivity index (χ0v) is 9.78. The van der Waals surface area contributed by atoms with Crippen molar-refractivity contribution < 1.29 is 4.79 Å². The summed E-state index contributed by atoms with van der Waals surface area (Å²) in [6, 6.07) is 0. The van der Waals surface area contributed by atoms with Crippen LogP contribution >= 0.6 is 10.0 Å². The SMILES string of the molecule is [CH2+]S1(C2CCCCC2)CCCCC1=O. The third kappa shape index (κ3) is 1.81. The maximum Gasteiger partial charge on any atom is 0.209 e. The third-order valence-electron chi connectivity index (χ3n) is 3.78. The molecule has 1 unspecified atom stereocenters. The molecule has 0 amide bonds. The summed E-state index contributed by atoms with van der Waals surface area (Å²) in [5, 5.41) is 1.22. The molecule has 2 rings (SSSR count). The van der Waals surface area contributed by atoms with Crippen LogP contribution in [0.3, 0.4) is 0 Å². The Hall–Kier alpha value is -0.110. The second kappa shape index (κ2) is 4.18. The fourth-order valence-corrected chi connectivity index (χ4v) is 6.25. The molecule has 0 aromatic rings. The lowest BCUT2D eigenvalue weighted by Gasteiger charge is -2.39. The van der Waals surface area contributed by atoms with Crippen molar-refractivity contribution >= 4 is 15.1 Å². The second-order valence-electron chi connectivity index (χ2n) is 4.74. The maximum absolute atomic E-state index is 12.0. The highest BCUT2D eigenvalue weighted by molar-refractivity contribution is 8.46. The molecule has 1 atom stereocenters. The van der Waals surface area contributed by atoms with Crippen LogP contribution in [0.15, 0.2) is 0 Å². The van der Waals surface area contributed by atoms with Gasteiger partial charge in [0.25, 0.3) is 0 Å². The van der Waals surface area contributed by atoms with E-state index in [0.29, 0.717) is 10.4 Å². The number of hydrogen-bond donors (Lipinski definition) is 0. The Balaban J connectivity index is 2.07. The fourth-order valence-electron chi connectivity index (χ4n) is 2.81. The second-order valence-corrected chi connectivity index (χ2v) is 8.16. The summed E-state index contributed by atoms with van der Waals surface area (Å²) in [5.74, 6) is 1.14. The van der Waals surface area contributed by atoms with E-state index in [0.717, 1.165) is 18.6 Å². The van der Waals surface area contributed by atoms with Crippen molar-refractivity contribution in [1.29, 1.82) is 0 Å². The van der Waals surface area contributed by atoms with E-state index in [9.17, 15) is 4.79 Å². The molecule has 0 N–H and O–H groups in total. The molecule has 2 fully saturated rings. The van der Waals surface area contributed by atoms with E-state index in [4.69, 9.17) is 0 Å². The molecule has 1 saturated carbocycles. The minimum atomic E-state index is -1.11. The van der Waals surface area contributed by atoms with E-state index in [1.54, 1.807) is 0 Å². The van der Waals surface area contributed by atoms with Gasteiger partial charge in [0.05, 0.1) is 0 Å². The van der Waals surface area contributed by atoms with Crippen molar-refractivity contribution in [2.45, 2.75) is 56.6 Å². The molecule has 1 heterocycles. The Morgan fingerprint density at radius 2 is 1.79 bits per heavy atom. The van der Waals surface area contributed by atoms with Gasteiger partial charge in [0.15, 0.2) is 0 Å². The van der Waals surface area contributed by atoms with Gasteiger partial charge in [0, 0.05) is 17.4 Å². The normalized spacial score (nSPS) is 40.4. The van der Waals surface area contributed by atoms with Crippen molar-refractivity contribution in [1.82, 2.24) is 0 Å². The minimum Gasteiger partial charge on any atom is -0.285 e. The van der Waals surface area contributed by atoms with Crippen molar-refractivity contribution in [3.05, 3.63) is 6.26 Å². The van der Waals surface area contributed by atoms with Gasteiger partial charge in [-0.25, -0.2) is 0 Å². The van der Waals surface area contributed by atoms with Crippen molar-refractivity contribution in [3.63, 3.8) is 0 Å². The van der Waals surface area contributed by atoms with Crippen LogP contribution in [0.5, 0.6) is 0 Å². The monoisotopic (exact) mass is 213 g/mol. The number of hydrogen-bond acceptors (Lipinski definition) is 1. The van der Waals surface area contributed by atoms with Gasteiger partial charge < -0.3 is 0 Å². The van der Waals surface area contributed by atoms with Crippen LogP contribution in [0, 0.1) is 6.26 Å². The van der Waals surface area contributed by atoms with E-state index >= 15 is 0 Å². The van der Waals surface area contributed by atoms with Crippen molar-refractivity contribution in [2.24, 2.45) is 0 Å². The highest BCUT2D eigenvalue weighted by Crippen LogP contribution is 2.59. The topological polar surface area (TPSA) is 17.1 Å². The van der Waals surface area contributed by atoms with E-state index < -0.39 is 10.0 Å². The average molecular weight is 213 g/mol. The Kier molecular flexibility index (Phi) is 3.10. The molecule has 0 radical (unpaired) electrons. The molecule has 1 nitrogen and oxygen atoms in total. The summed E-state index contributed by atoms with van der Waals surface area (Å²) in [5.41, 5.74) is 0. The van der Waals surface area contributed by atoms with Gasteiger partial charge in [-0.2, -0.15) is 0 Å². The van der Waals surface area contributed by atoms with E-state index in [1.165, 1.54) is 38.5 Å². The maximum atomic E-state index is 12.0. The first kappa shape index (κ1) is 10.4. The Morgan fingerprint density at radius 3 is 2.43 bits per heavy atom. The lowest BCUT2D eigenvalue weighted by Crippen LogP contribution is -2.30. The number of carbonyl (C=O) groups excluding carboxylic acids is 1. The van der Waals surface area contributed by atoms with Gasteiger partial charge in [-0.1, -0.05) is 19.3 Å². The molecule has 0 aromatic carbocycles. The molecular weight excluding hydrogens is 192 g/mol. The van der Waals surface area contributed by atoms with Gasteiger partial charge in [-0.15, -0.1) is 0 Å². The summed E-state index contributed by atoms with van der Waals surface area (Å²) in [4.78, 5) is 12.0. The van der Waals surface area contributed by atoms with Crippen LogP contribution in [0.2, 0.25) is 0 Å². The molecule has 0 bridgehead atoms. The number of carbonyl (C=O) groups is 1. The highest BCUT2D eigenvalue weighted by Gasteiger charge is 2.43. The van der Waals surface area contributed by atoms with Gasteiger partial charge >= 0.3 is 0 Å². The zero-order chi connectivity index (χ0) is 10.0. The molecule has 0 spiro atoms. The predicted octanol–water partition coefficient (Wildman–Crippen LogP) is 3.63. The smallest absolute Gasteiger partial charge is 0.209 e. The van der Waals surface area contributed by atoms with Crippen LogP contribution in [-0.2, 0) is 4.79 Å². The molecule has 0 aromatic heterocycles. The molecule has 14 heavy (non-hydrogen) atoms. The van der Waals surface area contributed by atoms with Gasteiger partial charge in [-0.3, -0.25) is 4.79 Å². The first-order valence-corrected chi connectivity index (χ1v) is 7.93. The highest BCUT2D eigenvalue weighted by atomic mass is 32.3. The van der Waals surface area contributed by atoms with E-state index in [1.807, 2.05) is 0 Å². The lowest BCUT2D eigenvalue weighted by atomic mass is 10.0. The number of rotatable bonds is 1. The molecular formula is C12H21OS+. The first-order chi connectivity index (χ1) is 6.73. The first-order valence-electron chi connectivity index (χ1n) is 5.89. The molecule has 1 aliphatic heterocycles. The summed E-state index contributed by atoms with van der Waals surface area (Å²) in [7, 11) is -1.11. The van der Waals surface area contributed by atoms with E-state index in [2.05, 4.69) is 6.26 Å². The van der Waals surface area contributed by atoms with Crippen molar-refractivity contribution in [3.8, 4) is 0 Å². The third-order valence-corrected chi connectivity index (χ3v) is 7.66. The van der Waals surface area contributed by atoms with Crippen LogP contribution in [-0.4, -0.2) is 16.1 Å². The molecule has 80 valence electrons. The van der Waals surface area contributed by atoms with E-state index in [-0.39, 0.29) is 0 Å². The standard InChI is InChI=1S/C12H21OS/c1-14(10-6-5-9-12(14)13)11-7-3-2-4-8-11/h11H,1-10H2/q+1.